The number of hydrogen-bond acceptors (Lipinski definition) is 3. The van der Waals surface area contributed by atoms with E-state index in [1.165, 1.54) is 17.7 Å². The number of hydrogen-bond donors (Lipinski definition) is 2. The van der Waals surface area contributed by atoms with Crippen LogP contribution < -0.4 is 15.6 Å². The molecule has 0 radical (unpaired) electrons. The van der Waals surface area contributed by atoms with E-state index < -0.39 is 0 Å². The maximum atomic E-state index is 13.1. The van der Waals surface area contributed by atoms with Crippen molar-refractivity contribution in [3.63, 3.8) is 0 Å². The average molecular weight is 402 g/mol. The van der Waals surface area contributed by atoms with Crippen molar-refractivity contribution in [2.75, 3.05) is 0 Å². The highest BCUT2D eigenvalue weighted by atomic mass is 19.1. The van der Waals surface area contributed by atoms with Gasteiger partial charge in [-0.25, -0.2) is 4.39 Å². The molecule has 2 N–H and O–H groups in total. The SMILES string of the molecule is O=C(NNC1=CCCCc2ccccc21)c1ccccc1OCc1ccc(F)cc1. The van der Waals surface area contributed by atoms with E-state index in [0.29, 0.717) is 11.3 Å². The van der Waals surface area contributed by atoms with Crippen molar-refractivity contribution in [2.45, 2.75) is 25.9 Å². The first kappa shape index (κ1) is 19.7. The highest BCUT2D eigenvalue weighted by molar-refractivity contribution is 5.97. The van der Waals surface area contributed by atoms with Gasteiger partial charge in [-0.05, 0) is 54.7 Å². The van der Waals surface area contributed by atoms with Crippen molar-refractivity contribution in [2.24, 2.45) is 0 Å². The summed E-state index contributed by atoms with van der Waals surface area (Å²) in [6, 6.07) is 21.4. The molecule has 0 bridgehead atoms. The molecule has 0 aliphatic heterocycles. The lowest BCUT2D eigenvalue weighted by Gasteiger charge is -2.16. The summed E-state index contributed by atoms with van der Waals surface area (Å²) in [5.41, 5.74) is 10.4. The van der Waals surface area contributed by atoms with Gasteiger partial charge in [-0.3, -0.25) is 15.6 Å². The number of halogens is 1. The third-order valence-electron chi connectivity index (χ3n) is 5.06. The zero-order valence-corrected chi connectivity index (χ0v) is 16.5. The van der Waals surface area contributed by atoms with Gasteiger partial charge in [-0.2, -0.15) is 0 Å². The topological polar surface area (TPSA) is 50.4 Å². The summed E-state index contributed by atoms with van der Waals surface area (Å²) in [6.07, 6.45) is 5.16. The lowest BCUT2D eigenvalue weighted by atomic mass is 10.0. The molecule has 0 spiro atoms. The smallest absolute Gasteiger partial charge is 0.273 e. The summed E-state index contributed by atoms with van der Waals surface area (Å²) < 4.78 is 18.9. The zero-order chi connectivity index (χ0) is 20.8. The average Bonchev–Trinajstić information content (AvgIpc) is 2.99. The molecule has 1 amide bonds. The van der Waals surface area contributed by atoms with E-state index in [4.69, 9.17) is 4.74 Å². The fourth-order valence-corrected chi connectivity index (χ4v) is 3.48. The van der Waals surface area contributed by atoms with Gasteiger partial charge in [-0.15, -0.1) is 0 Å². The van der Waals surface area contributed by atoms with Gasteiger partial charge in [0.25, 0.3) is 5.91 Å². The molecule has 0 saturated heterocycles. The zero-order valence-electron chi connectivity index (χ0n) is 16.5. The van der Waals surface area contributed by atoms with Gasteiger partial charge in [0, 0.05) is 5.56 Å². The molecule has 0 atom stereocenters. The molecule has 152 valence electrons. The predicted molar refractivity (Wildman–Crippen MR) is 115 cm³/mol. The number of amides is 1. The van der Waals surface area contributed by atoms with Crippen LogP contribution in [0.5, 0.6) is 5.75 Å². The minimum Gasteiger partial charge on any atom is -0.488 e. The van der Waals surface area contributed by atoms with E-state index in [-0.39, 0.29) is 18.3 Å². The van der Waals surface area contributed by atoms with E-state index in [1.54, 1.807) is 30.3 Å². The van der Waals surface area contributed by atoms with E-state index in [0.717, 1.165) is 36.1 Å². The molecular weight excluding hydrogens is 379 g/mol. The maximum absolute atomic E-state index is 13.1. The fraction of sp³-hybridized carbons (Fsp3) is 0.160. The number of para-hydroxylation sites is 1. The molecule has 0 unspecified atom stereocenters. The monoisotopic (exact) mass is 402 g/mol. The highest BCUT2D eigenvalue weighted by Crippen LogP contribution is 2.24. The van der Waals surface area contributed by atoms with Gasteiger partial charge in [0.1, 0.15) is 18.2 Å². The molecule has 5 heteroatoms. The van der Waals surface area contributed by atoms with Gasteiger partial charge in [0.05, 0.1) is 11.3 Å². The van der Waals surface area contributed by atoms with Crippen molar-refractivity contribution in [1.82, 2.24) is 10.9 Å². The first-order valence-electron chi connectivity index (χ1n) is 10.0. The summed E-state index contributed by atoms with van der Waals surface area (Å²) in [6.45, 7) is 0.247. The number of carbonyl (C=O) groups excluding carboxylic acids is 1. The second kappa shape index (κ2) is 9.27. The molecule has 0 heterocycles. The summed E-state index contributed by atoms with van der Waals surface area (Å²) in [5.74, 6) is -0.109. The van der Waals surface area contributed by atoms with Gasteiger partial charge in [0.15, 0.2) is 0 Å². The van der Waals surface area contributed by atoms with Gasteiger partial charge in [0.2, 0.25) is 0 Å². The van der Waals surface area contributed by atoms with Crippen LogP contribution in [0.25, 0.3) is 5.70 Å². The molecule has 3 aromatic rings. The number of nitrogens with one attached hydrogen (secondary N) is 2. The number of hydrazine groups is 1. The minimum atomic E-state index is -0.293. The third-order valence-corrected chi connectivity index (χ3v) is 5.06. The number of carbonyl (C=O) groups is 1. The predicted octanol–water partition coefficient (Wildman–Crippen LogP) is 5.02. The second-order valence-corrected chi connectivity index (χ2v) is 7.16. The quantitative estimate of drug-likeness (QED) is 0.570. The molecular formula is C25H23FN2O2. The van der Waals surface area contributed by atoms with Crippen molar-refractivity contribution in [3.05, 3.63) is 107 Å². The molecule has 0 aromatic heterocycles. The van der Waals surface area contributed by atoms with Crippen LogP contribution in [-0.4, -0.2) is 5.91 Å². The number of aryl methyl sites for hydroxylation is 1. The van der Waals surface area contributed by atoms with Crippen LogP contribution in [-0.2, 0) is 13.0 Å². The number of allylic oxidation sites excluding steroid dienone is 1. The van der Waals surface area contributed by atoms with Crippen LogP contribution in [0.2, 0.25) is 0 Å². The lowest BCUT2D eigenvalue weighted by Crippen LogP contribution is -2.36. The molecule has 0 fully saturated rings. The molecule has 4 nitrogen and oxygen atoms in total. The van der Waals surface area contributed by atoms with E-state index in [1.807, 2.05) is 18.2 Å². The normalized spacial score (nSPS) is 12.9. The standard InChI is InChI=1S/C25H23FN2O2/c26-20-15-13-18(14-16-20)17-30-24-12-6-4-10-22(24)25(29)28-27-23-11-5-2-8-19-7-1-3-9-21(19)23/h1,3-4,6-7,9-16,27H,2,5,8,17H2,(H,28,29). The van der Waals surface area contributed by atoms with Crippen molar-refractivity contribution < 1.29 is 13.9 Å². The van der Waals surface area contributed by atoms with Crippen LogP contribution >= 0.6 is 0 Å². The largest absolute Gasteiger partial charge is 0.488 e. The molecule has 30 heavy (non-hydrogen) atoms. The van der Waals surface area contributed by atoms with E-state index in [2.05, 4.69) is 29.1 Å². The Morgan fingerprint density at radius 3 is 2.60 bits per heavy atom. The number of benzene rings is 3. The van der Waals surface area contributed by atoms with Crippen molar-refractivity contribution in [1.29, 1.82) is 0 Å². The Labute approximate surface area is 175 Å². The summed E-state index contributed by atoms with van der Waals surface area (Å²) in [5, 5.41) is 0. The van der Waals surface area contributed by atoms with Crippen LogP contribution in [0.15, 0.2) is 78.9 Å². The molecule has 4 rings (SSSR count). The number of ether oxygens (including phenoxy) is 1. The van der Waals surface area contributed by atoms with Crippen LogP contribution in [0.3, 0.4) is 0 Å². The van der Waals surface area contributed by atoms with Crippen LogP contribution in [0.1, 0.15) is 39.9 Å². The Kier molecular flexibility index (Phi) is 6.09. The first-order chi connectivity index (χ1) is 14.7. The Hall–Kier alpha value is -3.60. The first-order valence-corrected chi connectivity index (χ1v) is 10.0. The number of fused-ring (bicyclic) bond motifs is 1. The fourth-order valence-electron chi connectivity index (χ4n) is 3.48. The van der Waals surface area contributed by atoms with Gasteiger partial charge >= 0.3 is 0 Å². The van der Waals surface area contributed by atoms with E-state index >= 15 is 0 Å². The Morgan fingerprint density at radius 1 is 0.967 bits per heavy atom. The Morgan fingerprint density at radius 2 is 1.73 bits per heavy atom. The Balaban J connectivity index is 1.44. The molecule has 1 aliphatic rings. The summed E-state index contributed by atoms with van der Waals surface area (Å²) in [7, 11) is 0. The van der Waals surface area contributed by atoms with Gasteiger partial charge < -0.3 is 4.74 Å². The summed E-state index contributed by atoms with van der Waals surface area (Å²) >= 11 is 0. The lowest BCUT2D eigenvalue weighted by molar-refractivity contribution is 0.0938. The molecule has 0 saturated carbocycles. The van der Waals surface area contributed by atoms with Crippen molar-refractivity contribution in [3.8, 4) is 5.75 Å². The van der Waals surface area contributed by atoms with E-state index in [9.17, 15) is 9.18 Å². The highest BCUT2D eigenvalue weighted by Gasteiger charge is 2.15. The molecule has 3 aromatic carbocycles. The second-order valence-electron chi connectivity index (χ2n) is 7.16. The van der Waals surface area contributed by atoms with Crippen molar-refractivity contribution >= 4 is 11.6 Å². The maximum Gasteiger partial charge on any atom is 0.273 e. The van der Waals surface area contributed by atoms with Gasteiger partial charge in [-0.1, -0.05) is 54.6 Å². The van der Waals surface area contributed by atoms with Crippen LogP contribution in [0, 0.1) is 5.82 Å². The summed E-state index contributed by atoms with van der Waals surface area (Å²) in [4.78, 5) is 12.8. The van der Waals surface area contributed by atoms with Crippen LogP contribution in [0.4, 0.5) is 4.39 Å². The minimum absolute atomic E-state index is 0.247. The molecule has 1 aliphatic carbocycles. The third kappa shape index (κ3) is 4.69. The Bertz CT molecular complexity index is 1060. The number of rotatable bonds is 6.